The van der Waals surface area contributed by atoms with E-state index in [4.69, 9.17) is 4.74 Å². The Balaban J connectivity index is 1.96. The average molecular weight is 212 g/mol. The molecule has 3 fully saturated rings. The second-order valence-electron chi connectivity index (χ2n) is 4.65. The van der Waals surface area contributed by atoms with E-state index in [2.05, 4.69) is 4.74 Å². The lowest BCUT2D eigenvalue weighted by molar-refractivity contribution is -0.168. The lowest BCUT2D eigenvalue weighted by Gasteiger charge is -2.30. The van der Waals surface area contributed by atoms with Gasteiger partial charge in [-0.2, -0.15) is 0 Å². The van der Waals surface area contributed by atoms with Gasteiger partial charge in [0.2, 0.25) is 0 Å². The molecular formula is C10H12O5. The van der Waals surface area contributed by atoms with Crippen molar-refractivity contribution in [2.75, 3.05) is 7.11 Å². The van der Waals surface area contributed by atoms with Crippen LogP contribution in [0.15, 0.2) is 0 Å². The van der Waals surface area contributed by atoms with Gasteiger partial charge in [0.25, 0.3) is 0 Å². The number of ether oxygens (including phenoxy) is 2. The van der Waals surface area contributed by atoms with Crippen LogP contribution < -0.4 is 0 Å². The van der Waals surface area contributed by atoms with Crippen LogP contribution in [0.5, 0.6) is 0 Å². The highest BCUT2D eigenvalue weighted by molar-refractivity contribution is 5.86. The Kier molecular flexibility index (Phi) is 1.54. The van der Waals surface area contributed by atoms with E-state index in [1.54, 1.807) is 0 Å². The first-order valence-electron chi connectivity index (χ1n) is 5.09. The molecule has 1 heterocycles. The van der Waals surface area contributed by atoms with Gasteiger partial charge in [-0.3, -0.25) is 4.79 Å². The maximum Gasteiger partial charge on any atom is 0.338 e. The van der Waals surface area contributed by atoms with Crippen LogP contribution >= 0.6 is 0 Å². The number of methoxy groups -OCH3 is 1. The molecule has 2 saturated carbocycles. The number of rotatable bonds is 1. The van der Waals surface area contributed by atoms with Gasteiger partial charge >= 0.3 is 11.9 Å². The van der Waals surface area contributed by atoms with Crippen LogP contribution in [0, 0.1) is 17.8 Å². The summed E-state index contributed by atoms with van der Waals surface area (Å²) in [4.78, 5) is 22.9. The molecule has 0 spiro atoms. The third kappa shape index (κ3) is 0.873. The summed E-state index contributed by atoms with van der Waals surface area (Å²) in [6.07, 6.45) is 0.832. The van der Waals surface area contributed by atoms with Crippen molar-refractivity contribution in [1.29, 1.82) is 0 Å². The van der Waals surface area contributed by atoms with E-state index in [-0.39, 0.29) is 29.8 Å². The molecule has 2 aliphatic carbocycles. The van der Waals surface area contributed by atoms with Crippen molar-refractivity contribution in [2.45, 2.75) is 24.5 Å². The van der Waals surface area contributed by atoms with Crippen LogP contribution in [0.2, 0.25) is 0 Å². The third-order valence-electron chi connectivity index (χ3n) is 4.03. The van der Waals surface area contributed by atoms with Crippen molar-refractivity contribution in [1.82, 2.24) is 0 Å². The first-order valence-corrected chi connectivity index (χ1v) is 5.09. The summed E-state index contributed by atoms with van der Waals surface area (Å²) >= 11 is 0. The number of esters is 2. The van der Waals surface area contributed by atoms with Gasteiger partial charge in [-0.1, -0.05) is 0 Å². The molecule has 4 bridgehead atoms. The Morgan fingerprint density at radius 2 is 2.40 bits per heavy atom. The van der Waals surface area contributed by atoms with Crippen LogP contribution in [0.3, 0.4) is 0 Å². The quantitative estimate of drug-likeness (QED) is 0.592. The Morgan fingerprint density at radius 3 is 3.00 bits per heavy atom. The lowest BCUT2D eigenvalue weighted by atomic mass is 9.77. The SMILES string of the molecule is COC(=O)C1CC2CC3(O)C(=O)OC2C13. The Morgan fingerprint density at radius 1 is 1.67 bits per heavy atom. The van der Waals surface area contributed by atoms with E-state index >= 15 is 0 Å². The predicted molar refractivity (Wildman–Crippen MR) is 46.5 cm³/mol. The summed E-state index contributed by atoms with van der Waals surface area (Å²) in [7, 11) is 1.32. The Bertz CT molecular complexity index is 352. The van der Waals surface area contributed by atoms with Gasteiger partial charge < -0.3 is 14.6 Å². The minimum Gasteiger partial charge on any atom is -0.469 e. The Labute approximate surface area is 86.4 Å². The topological polar surface area (TPSA) is 72.8 Å². The standard InChI is InChI=1S/C10H12O5/c1-14-8(11)5-2-4-3-10(13)6(5)7(4)15-9(10)12/h4-7,13H,2-3H2,1H3. The molecule has 1 saturated heterocycles. The molecule has 3 rings (SSSR count). The van der Waals surface area contributed by atoms with Crippen molar-refractivity contribution < 1.29 is 24.2 Å². The van der Waals surface area contributed by atoms with E-state index in [9.17, 15) is 14.7 Å². The van der Waals surface area contributed by atoms with Gasteiger partial charge in [0.15, 0.2) is 5.60 Å². The molecule has 1 N–H and O–H groups in total. The van der Waals surface area contributed by atoms with E-state index in [0.29, 0.717) is 12.8 Å². The fourth-order valence-electron chi connectivity index (χ4n) is 3.48. The maximum atomic E-state index is 11.5. The predicted octanol–water partition coefficient (Wildman–Crippen LogP) is -0.528. The second kappa shape index (κ2) is 2.52. The zero-order valence-electron chi connectivity index (χ0n) is 8.30. The summed E-state index contributed by atoms with van der Waals surface area (Å²) in [5.74, 6) is -1.55. The number of carbonyl (C=O) groups excluding carboxylic acids is 2. The van der Waals surface area contributed by atoms with Crippen LogP contribution in [-0.2, 0) is 19.1 Å². The van der Waals surface area contributed by atoms with E-state index in [1.165, 1.54) is 7.11 Å². The summed E-state index contributed by atoms with van der Waals surface area (Å²) < 4.78 is 9.75. The minimum atomic E-state index is -1.42. The van der Waals surface area contributed by atoms with E-state index < -0.39 is 11.6 Å². The number of hydrogen-bond acceptors (Lipinski definition) is 5. The molecule has 0 amide bonds. The van der Waals surface area contributed by atoms with Crippen molar-refractivity contribution in [3.8, 4) is 0 Å². The van der Waals surface area contributed by atoms with Gasteiger partial charge in [0.05, 0.1) is 13.0 Å². The van der Waals surface area contributed by atoms with Gasteiger partial charge in [-0.05, 0) is 12.8 Å². The molecule has 3 aliphatic rings. The summed E-state index contributed by atoms with van der Waals surface area (Å²) in [6.45, 7) is 0. The highest BCUT2D eigenvalue weighted by atomic mass is 16.6. The van der Waals surface area contributed by atoms with Crippen LogP contribution in [-0.4, -0.2) is 35.9 Å². The van der Waals surface area contributed by atoms with Crippen LogP contribution in [0.25, 0.3) is 0 Å². The van der Waals surface area contributed by atoms with Crippen molar-refractivity contribution in [3.63, 3.8) is 0 Å². The third-order valence-corrected chi connectivity index (χ3v) is 4.03. The van der Waals surface area contributed by atoms with Gasteiger partial charge in [-0.25, -0.2) is 4.79 Å². The molecule has 5 heteroatoms. The molecule has 0 radical (unpaired) electrons. The summed E-state index contributed by atoms with van der Waals surface area (Å²) in [5, 5.41) is 10.1. The molecule has 5 unspecified atom stereocenters. The molecule has 0 aromatic heterocycles. The second-order valence-corrected chi connectivity index (χ2v) is 4.65. The van der Waals surface area contributed by atoms with Crippen LogP contribution in [0.4, 0.5) is 0 Å². The van der Waals surface area contributed by atoms with E-state index in [1.807, 2.05) is 0 Å². The fourth-order valence-corrected chi connectivity index (χ4v) is 3.48. The normalized spacial score (nSPS) is 50.7. The lowest BCUT2D eigenvalue weighted by Crippen LogP contribution is -2.46. The highest BCUT2D eigenvalue weighted by Crippen LogP contribution is 2.60. The Hall–Kier alpha value is -1.10. The van der Waals surface area contributed by atoms with Crippen LogP contribution in [0.1, 0.15) is 12.8 Å². The number of hydrogen-bond donors (Lipinski definition) is 1. The first kappa shape index (κ1) is 9.15. The average Bonchev–Trinajstić information content (AvgIpc) is 2.76. The van der Waals surface area contributed by atoms with E-state index in [0.717, 1.165) is 0 Å². The van der Waals surface area contributed by atoms with Gasteiger partial charge in [-0.15, -0.1) is 0 Å². The number of aliphatic hydroxyl groups is 1. The zero-order chi connectivity index (χ0) is 10.8. The smallest absolute Gasteiger partial charge is 0.338 e. The molecule has 5 atom stereocenters. The van der Waals surface area contributed by atoms with Crippen molar-refractivity contribution >= 4 is 11.9 Å². The molecular weight excluding hydrogens is 200 g/mol. The largest absolute Gasteiger partial charge is 0.469 e. The van der Waals surface area contributed by atoms with Crippen molar-refractivity contribution in [3.05, 3.63) is 0 Å². The molecule has 1 aliphatic heterocycles. The van der Waals surface area contributed by atoms with Gasteiger partial charge in [0.1, 0.15) is 6.10 Å². The number of carbonyl (C=O) groups is 2. The summed E-state index contributed by atoms with van der Waals surface area (Å²) in [6, 6.07) is 0. The minimum absolute atomic E-state index is 0.127. The maximum absolute atomic E-state index is 11.5. The first-order chi connectivity index (χ1) is 7.08. The highest BCUT2D eigenvalue weighted by Gasteiger charge is 2.73. The molecule has 5 nitrogen and oxygen atoms in total. The monoisotopic (exact) mass is 212 g/mol. The molecule has 0 aromatic rings. The van der Waals surface area contributed by atoms with Gasteiger partial charge in [0, 0.05) is 11.8 Å². The molecule has 0 aromatic carbocycles. The summed E-state index contributed by atoms with van der Waals surface area (Å²) in [5.41, 5.74) is -1.42. The fraction of sp³-hybridized carbons (Fsp3) is 0.800. The molecule has 15 heavy (non-hydrogen) atoms. The van der Waals surface area contributed by atoms with Crippen molar-refractivity contribution in [2.24, 2.45) is 17.8 Å². The zero-order valence-corrected chi connectivity index (χ0v) is 8.30. The molecule has 82 valence electrons.